The molecule has 0 aliphatic carbocycles. The normalized spacial score (nSPS) is 17.4. The zero-order valence-electron chi connectivity index (χ0n) is 10.2. The molecule has 1 saturated heterocycles. The predicted molar refractivity (Wildman–Crippen MR) is 70.5 cm³/mol. The van der Waals surface area contributed by atoms with E-state index in [1.54, 1.807) is 6.07 Å². The Labute approximate surface area is 107 Å². The highest BCUT2D eigenvalue weighted by Crippen LogP contribution is 2.21. The van der Waals surface area contributed by atoms with E-state index in [9.17, 15) is 0 Å². The van der Waals surface area contributed by atoms with Crippen LogP contribution in [0.5, 0.6) is 0 Å². The van der Waals surface area contributed by atoms with Gasteiger partial charge < -0.3 is 10.2 Å². The molecule has 0 bridgehead atoms. The van der Waals surface area contributed by atoms with Crippen LogP contribution in [0.2, 0.25) is 5.15 Å². The summed E-state index contributed by atoms with van der Waals surface area (Å²) in [5.74, 6) is 1.74. The zero-order valence-corrected chi connectivity index (χ0v) is 11.0. The van der Waals surface area contributed by atoms with E-state index in [4.69, 9.17) is 11.6 Å². The van der Waals surface area contributed by atoms with E-state index in [1.807, 2.05) is 6.07 Å². The molecule has 1 fully saturated rings. The summed E-state index contributed by atoms with van der Waals surface area (Å²) in [5, 5.41) is 11.9. The molecule has 4 nitrogen and oxygen atoms in total. The van der Waals surface area contributed by atoms with E-state index in [0.717, 1.165) is 37.9 Å². The standard InChI is InChI=1S/C12H19ClN4/c1-2-14-9-10-5-7-17(8-6-10)12-4-3-11(13)15-16-12/h3-4,10,14H,2,5-9H2,1H3. The highest BCUT2D eigenvalue weighted by molar-refractivity contribution is 6.29. The minimum Gasteiger partial charge on any atom is -0.355 e. The summed E-state index contributed by atoms with van der Waals surface area (Å²) in [6.45, 7) is 6.47. The Morgan fingerprint density at radius 3 is 2.71 bits per heavy atom. The van der Waals surface area contributed by atoms with Crippen LogP contribution in [0, 0.1) is 5.92 Å². The molecule has 0 unspecified atom stereocenters. The molecule has 17 heavy (non-hydrogen) atoms. The summed E-state index contributed by atoms with van der Waals surface area (Å²) in [7, 11) is 0. The number of halogens is 1. The Hall–Kier alpha value is -0.870. The van der Waals surface area contributed by atoms with Crippen molar-refractivity contribution in [3.05, 3.63) is 17.3 Å². The fourth-order valence-corrected chi connectivity index (χ4v) is 2.29. The van der Waals surface area contributed by atoms with Crippen molar-refractivity contribution >= 4 is 17.4 Å². The maximum absolute atomic E-state index is 5.73. The topological polar surface area (TPSA) is 41.0 Å². The molecule has 94 valence electrons. The molecular weight excluding hydrogens is 236 g/mol. The third-order valence-corrected chi connectivity index (χ3v) is 3.44. The monoisotopic (exact) mass is 254 g/mol. The van der Waals surface area contributed by atoms with Crippen molar-refractivity contribution in [2.24, 2.45) is 5.92 Å². The molecule has 0 amide bonds. The predicted octanol–water partition coefficient (Wildman–Crippen LogP) is 1.96. The molecule has 0 radical (unpaired) electrons. The minimum absolute atomic E-state index is 0.454. The van der Waals surface area contributed by atoms with E-state index < -0.39 is 0 Å². The van der Waals surface area contributed by atoms with Gasteiger partial charge in [-0.25, -0.2) is 0 Å². The number of aromatic nitrogens is 2. The van der Waals surface area contributed by atoms with E-state index >= 15 is 0 Å². The van der Waals surface area contributed by atoms with Gasteiger partial charge in [-0.2, -0.15) is 0 Å². The quantitative estimate of drug-likeness (QED) is 0.892. The lowest BCUT2D eigenvalue weighted by Crippen LogP contribution is -2.37. The smallest absolute Gasteiger partial charge is 0.151 e. The fraction of sp³-hybridized carbons (Fsp3) is 0.667. The Bertz CT molecular complexity index is 333. The number of hydrogen-bond acceptors (Lipinski definition) is 4. The van der Waals surface area contributed by atoms with E-state index in [0.29, 0.717) is 5.15 Å². The molecule has 1 N–H and O–H groups in total. The number of rotatable bonds is 4. The lowest BCUT2D eigenvalue weighted by atomic mass is 9.97. The van der Waals surface area contributed by atoms with Crippen molar-refractivity contribution in [1.82, 2.24) is 15.5 Å². The van der Waals surface area contributed by atoms with Gasteiger partial charge in [0.1, 0.15) is 0 Å². The first-order valence-corrected chi connectivity index (χ1v) is 6.62. The van der Waals surface area contributed by atoms with Gasteiger partial charge in [0.2, 0.25) is 0 Å². The van der Waals surface area contributed by atoms with E-state index in [1.165, 1.54) is 12.8 Å². The van der Waals surface area contributed by atoms with Crippen LogP contribution in [0.4, 0.5) is 5.82 Å². The van der Waals surface area contributed by atoms with Gasteiger partial charge in [-0.1, -0.05) is 18.5 Å². The largest absolute Gasteiger partial charge is 0.355 e. The van der Waals surface area contributed by atoms with Crippen LogP contribution in [0.1, 0.15) is 19.8 Å². The van der Waals surface area contributed by atoms with Crippen molar-refractivity contribution in [1.29, 1.82) is 0 Å². The van der Waals surface area contributed by atoms with Crippen LogP contribution >= 0.6 is 11.6 Å². The summed E-state index contributed by atoms with van der Waals surface area (Å²) in [6.07, 6.45) is 2.44. The Morgan fingerprint density at radius 1 is 1.35 bits per heavy atom. The van der Waals surface area contributed by atoms with Crippen LogP contribution in [0.15, 0.2) is 12.1 Å². The minimum atomic E-state index is 0.454. The SMILES string of the molecule is CCNCC1CCN(c2ccc(Cl)nn2)CC1. The molecule has 0 spiro atoms. The van der Waals surface area contributed by atoms with Crippen molar-refractivity contribution in [2.75, 3.05) is 31.1 Å². The molecule has 2 rings (SSSR count). The van der Waals surface area contributed by atoms with Crippen LogP contribution in [0.3, 0.4) is 0 Å². The van der Waals surface area contributed by atoms with Crippen molar-refractivity contribution in [2.45, 2.75) is 19.8 Å². The van der Waals surface area contributed by atoms with Crippen molar-refractivity contribution in [3.63, 3.8) is 0 Å². The maximum atomic E-state index is 5.73. The first-order chi connectivity index (χ1) is 8.29. The van der Waals surface area contributed by atoms with Gasteiger partial charge in [-0.15, -0.1) is 10.2 Å². The average molecular weight is 255 g/mol. The highest BCUT2D eigenvalue weighted by Gasteiger charge is 2.19. The van der Waals surface area contributed by atoms with Gasteiger partial charge >= 0.3 is 0 Å². The molecule has 0 aromatic carbocycles. The number of anilines is 1. The van der Waals surface area contributed by atoms with Crippen molar-refractivity contribution in [3.8, 4) is 0 Å². The molecule has 1 aliphatic heterocycles. The average Bonchev–Trinajstić information content (AvgIpc) is 2.38. The first kappa shape index (κ1) is 12.6. The molecule has 2 heterocycles. The third-order valence-electron chi connectivity index (χ3n) is 3.24. The molecule has 1 aliphatic rings. The van der Waals surface area contributed by atoms with Gasteiger partial charge in [0.05, 0.1) is 0 Å². The summed E-state index contributed by atoms with van der Waals surface area (Å²) in [5.41, 5.74) is 0. The van der Waals surface area contributed by atoms with Gasteiger partial charge in [0.15, 0.2) is 11.0 Å². The number of piperidine rings is 1. The lowest BCUT2D eigenvalue weighted by molar-refractivity contribution is 0.385. The molecular formula is C12H19ClN4. The zero-order chi connectivity index (χ0) is 12.1. The Morgan fingerprint density at radius 2 is 2.12 bits per heavy atom. The molecule has 0 atom stereocenters. The summed E-state index contributed by atoms with van der Waals surface area (Å²) in [4.78, 5) is 2.28. The van der Waals surface area contributed by atoms with E-state index in [2.05, 4.69) is 27.3 Å². The summed E-state index contributed by atoms with van der Waals surface area (Å²) >= 11 is 5.73. The van der Waals surface area contributed by atoms with Gasteiger partial charge in [-0.05, 0) is 44.0 Å². The van der Waals surface area contributed by atoms with Gasteiger partial charge in [0.25, 0.3) is 0 Å². The van der Waals surface area contributed by atoms with Gasteiger partial charge in [-0.3, -0.25) is 0 Å². The lowest BCUT2D eigenvalue weighted by Gasteiger charge is -2.32. The number of nitrogens with zero attached hydrogens (tertiary/aromatic N) is 3. The van der Waals surface area contributed by atoms with E-state index in [-0.39, 0.29) is 0 Å². The highest BCUT2D eigenvalue weighted by atomic mass is 35.5. The second-order valence-corrected chi connectivity index (χ2v) is 4.84. The molecule has 0 saturated carbocycles. The summed E-state index contributed by atoms with van der Waals surface area (Å²) < 4.78 is 0. The fourth-order valence-electron chi connectivity index (χ4n) is 2.19. The number of hydrogen-bond donors (Lipinski definition) is 1. The molecule has 1 aromatic heterocycles. The Kier molecular flexibility index (Phi) is 4.57. The second-order valence-electron chi connectivity index (χ2n) is 4.45. The summed E-state index contributed by atoms with van der Waals surface area (Å²) in [6, 6.07) is 3.74. The van der Waals surface area contributed by atoms with Crippen LogP contribution in [0.25, 0.3) is 0 Å². The second kappa shape index (κ2) is 6.17. The molecule has 5 heteroatoms. The van der Waals surface area contributed by atoms with Gasteiger partial charge in [0, 0.05) is 13.1 Å². The molecule has 1 aromatic rings. The van der Waals surface area contributed by atoms with Crippen molar-refractivity contribution < 1.29 is 0 Å². The maximum Gasteiger partial charge on any atom is 0.151 e. The van der Waals surface area contributed by atoms with Crippen LogP contribution in [-0.2, 0) is 0 Å². The first-order valence-electron chi connectivity index (χ1n) is 6.24. The Balaban J connectivity index is 1.84. The number of nitrogens with one attached hydrogen (secondary N) is 1. The third kappa shape index (κ3) is 3.54. The van der Waals surface area contributed by atoms with Crippen LogP contribution in [-0.4, -0.2) is 36.4 Å². The van der Waals surface area contributed by atoms with Crippen LogP contribution < -0.4 is 10.2 Å².